The monoisotopic (exact) mass is 254 g/mol. The zero-order valence-corrected chi connectivity index (χ0v) is 10.8. The second kappa shape index (κ2) is 8.70. The van der Waals surface area contributed by atoms with Gasteiger partial charge in [-0.1, -0.05) is 0 Å². The SMILES string of the molecule is CCOP(=O)(OCC)OCCCOC(C)=O. The van der Waals surface area contributed by atoms with Crippen molar-refractivity contribution in [3.8, 4) is 0 Å². The highest BCUT2D eigenvalue weighted by Gasteiger charge is 2.24. The van der Waals surface area contributed by atoms with E-state index < -0.39 is 7.82 Å². The van der Waals surface area contributed by atoms with Crippen LogP contribution in [0.4, 0.5) is 0 Å². The minimum Gasteiger partial charge on any atom is -0.466 e. The van der Waals surface area contributed by atoms with Crippen LogP contribution in [0, 0.1) is 0 Å². The van der Waals surface area contributed by atoms with Crippen molar-refractivity contribution in [3.05, 3.63) is 0 Å². The molecule has 0 aromatic rings. The molecule has 0 bridgehead atoms. The molecule has 0 saturated carbocycles. The van der Waals surface area contributed by atoms with E-state index in [4.69, 9.17) is 13.6 Å². The number of ether oxygens (including phenoxy) is 1. The zero-order valence-electron chi connectivity index (χ0n) is 9.93. The van der Waals surface area contributed by atoms with E-state index in [9.17, 15) is 9.36 Å². The lowest BCUT2D eigenvalue weighted by molar-refractivity contribution is -0.141. The van der Waals surface area contributed by atoms with Crippen molar-refractivity contribution in [2.45, 2.75) is 27.2 Å². The fraction of sp³-hybridized carbons (Fsp3) is 0.889. The Hall–Kier alpha value is -0.420. The van der Waals surface area contributed by atoms with Crippen molar-refractivity contribution in [1.29, 1.82) is 0 Å². The summed E-state index contributed by atoms with van der Waals surface area (Å²) in [5, 5.41) is 0. The molecule has 0 rings (SSSR count). The smallest absolute Gasteiger partial charge is 0.466 e. The molecule has 16 heavy (non-hydrogen) atoms. The van der Waals surface area contributed by atoms with Crippen molar-refractivity contribution in [2.24, 2.45) is 0 Å². The van der Waals surface area contributed by atoms with E-state index in [1.165, 1.54) is 6.92 Å². The topological polar surface area (TPSA) is 71.1 Å². The molecule has 0 atom stereocenters. The molecule has 0 N–H and O–H groups in total. The number of carbonyl (C=O) groups excluding carboxylic acids is 1. The highest BCUT2D eigenvalue weighted by atomic mass is 31.2. The van der Waals surface area contributed by atoms with Crippen LogP contribution >= 0.6 is 7.82 Å². The van der Waals surface area contributed by atoms with E-state index in [-0.39, 0.29) is 32.4 Å². The van der Waals surface area contributed by atoms with Gasteiger partial charge >= 0.3 is 13.8 Å². The molecule has 0 aliphatic carbocycles. The Bertz CT molecular complexity index is 232. The molecule has 0 aromatic heterocycles. The van der Waals surface area contributed by atoms with Crippen LogP contribution in [-0.2, 0) is 27.7 Å². The third-order valence-electron chi connectivity index (χ3n) is 1.42. The van der Waals surface area contributed by atoms with Crippen LogP contribution in [0.5, 0.6) is 0 Å². The van der Waals surface area contributed by atoms with Gasteiger partial charge in [0.15, 0.2) is 0 Å². The molecule has 0 amide bonds. The minimum atomic E-state index is -3.42. The van der Waals surface area contributed by atoms with Gasteiger partial charge in [0, 0.05) is 13.3 Å². The molecule has 0 fully saturated rings. The van der Waals surface area contributed by atoms with Crippen LogP contribution in [0.2, 0.25) is 0 Å². The second-order valence-corrected chi connectivity index (χ2v) is 4.48. The Labute approximate surface area is 95.8 Å². The maximum absolute atomic E-state index is 11.7. The van der Waals surface area contributed by atoms with Crippen molar-refractivity contribution >= 4 is 13.8 Å². The van der Waals surface area contributed by atoms with Gasteiger partial charge in [-0.3, -0.25) is 18.4 Å². The summed E-state index contributed by atoms with van der Waals surface area (Å²) in [6.07, 6.45) is 0.448. The van der Waals surface area contributed by atoms with Gasteiger partial charge in [-0.05, 0) is 13.8 Å². The highest BCUT2D eigenvalue weighted by Crippen LogP contribution is 2.49. The first-order valence-corrected chi connectivity index (χ1v) is 6.67. The number of esters is 1. The minimum absolute atomic E-state index is 0.157. The van der Waals surface area contributed by atoms with E-state index in [2.05, 4.69) is 4.74 Å². The fourth-order valence-corrected chi connectivity index (χ4v) is 2.09. The van der Waals surface area contributed by atoms with E-state index in [1.54, 1.807) is 13.8 Å². The fourth-order valence-electron chi connectivity index (χ4n) is 0.879. The Morgan fingerprint density at radius 2 is 1.62 bits per heavy atom. The van der Waals surface area contributed by atoms with Crippen molar-refractivity contribution in [1.82, 2.24) is 0 Å². The lowest BCUT2D eigenvalue weighted by Crippen LogP contribution is -2.06. The lowest BCUT2D eigenvalue weighted by atomic mass is 10.5. The summed E-state index contributed by atoms with van der Waals surface area (Å²) in [6.45, 7) is 5.62. The molecule has 0 heterocycles. The third kappa shape index (κ3) is 7.82. The Morgan fingerprint density at radius 3 is 2.06 bits per heavy atom. The molecule has 0 saturated heterocycles. The average Bonchev–Trinajstić information content (AvgIpc) is 2.17. The Morgan fingerprint density at radius 1 is 1.06 bits per heavy atom. The molecule has 96 valence electrons. The van der Waals surface area contributed by atoms with Gasteiger partial charge in [-0.15, -0.1) is 0 Å². The number of rotatable bonds is 9. The maximum Gasteiger partial charge on any atom is 0.474 e. The summed E-state index contributed by atoms with van der Waals surface area (Å²) < 4.78 is 31.2. The first-order valence-electron chi connectivity index (χ1n) is 5.21. The number of phosphoric ester groups is 1. The lowest BCUT2D eigenvalue weighted by Gasteiger charge is -2.16. The van der Waals surface area contributed by atoms with Crippen molar-refractivity contribution in [2.75, 3.05) is 26.4 Å². The average molecular weight is 254 g/mol. The van der Waals surface area contributed by atoms with E-state index in [0.29, 0.717) is 6.42 Å². The summed E-state index contributed by atoms with van der Waals surface area (Å²) in [7, 11) is -3.42. The maximum atomic E-state index is 11.7. The summed E-state index contributed by atoms with van der Waals surface area (Å²) in [4.78, 5) is 10.4. The molecular weight excluding hydrogens is 235 g/mol. The van der Waals surface area contributed by atoms with Crippen LogP contribution in [0.1, 0.15) is 27.2 Å². The third-order valence-corrected chi connectivity index (χ3v) is 3.07. The predicted molar refractivity (Wildman–Crippen MR) is 58.1 cm³/mol. The second-order valence-electron chi connectivity index (χ2n) is 2.81. The van der Waals surface area contributed by atoms with Gasteiger partial charge in [0.1, 0.15) is 0 Å². The molecule has 0 spiro atoms. The van der Waals surface area contributed by atoms with Gasteiger partial charge in [0.25, 0.3) is 0 Å². The molecule has 0 aromatic carbocycles. The van der Waals surface area contributed by atoms with E-state index in [1.807, 2.05) is 0 Å². The summed E-state index contributed by atoms with van der Waals surface area (Å²) >= 11 is 0. The molecule has 0 unspecified atom stereocenters. The number of hydrogen-bond donors (Lipinski definition) is 0. The van der Waals surface area contributed by atoms with Crippen LogP contribution in [0.3, 0.4) is 0 Å². The normalized spacial score (nSPS) is 11.4. The number of hydrogen-bond acceptors (Lipinski definition) is 6. The molecule has 0 aliphatic heterocycles. The number of phosphoric acid groups is 1. The molecule has 7 heteroatoms. The van der Waals surface area contributed by atoms with Crippen LogP contribution in [-0.4, -0.2) is 32.4 Å². The molecule has 0 radical (unpaired) electrons. The highest BCUT2D eigenvalue weighted by molar-refractivity contribution is 7.48. The van der Waals surface area contributed by atoms with Gasteiger partial charge in [0.05, 0.1) is 26.4 Å². The first-order chi connectivity index (χ1) is 7.54. The molecule has 0 aliphatic rings. The Kier molecular flexibility index (Phi) is 8.47. The molecule has 6 nitrogen and oxygen atoms in total. The predicted octanol–water partition coefficient (Wildman–Crippen LogP) is 2.14. The van der Waals surface area contributed by atoms with E-state index in [0.717, 1.165) is 0 Å². The first kappa shape index (κ1) is 15.6. The van der Waals surface area contributed by atoms with Crippen LogP contribution in [0.25, 0.3) is 0 Å². The van der Waals surface area contributed by atoms with Crippen LogP contribution in [0.15, 0.2) is 0 Å². The Balaban J connectivity index is 3.76. The summed E-state index contributed by atoms with van der Waals surface area (Å²) in [6, 6.07) is 0. The largest absolute Gasteiger partial charge is 0.474 e. The quantitative estimate of drug-likeness (QED) is 0.356. The van der Waals surface area contributed by atoms with Gasteiger partial charge in [-0.2, -0.15) is 0 Å². The van der Waals surface area contributed by atoms with Gasteiger partial charge in [-0.25, -0.2) is 4.57 Å². The van der Waals surface area contributed by atoms with Gasteiger partial charge in [0.2, 0.25) is 0 Å². The number of carbonyl (C=O) groups is 1. The van der Waals surface area contributed by atoms with Gasteiger partial charge < -0.3 is 4.74 Å². The summed E-state index contributed by atoms with van der Waals surface area (Å²) in [5.74, 6) is -0.349. The molecular formula is C9H19O6P. The summed E-state index contributed by atoms with van der Waals surface area (Å²) in [5.41, 5.74) is 0. The zero-order chi connectivity index (χ0) is 12.4. The van der Waals surface area contributed by atoms with Crippen LogP contribution < -0.4 is 0 Å². The van der Waals surface area contributed by atoms with Crippen molar-refractivity contribution in [3.63, 3.8) is 0 Å². The van der Waals surface area contributed by atoms with E-state index >= 15 is 0 Å². The standard InChI is InChI=1S/C9H19O6P/c1-4-13-16(11,14-5-2)15-8-6-7-12-9(3)10/h4-8H2,1-3H3. The van der Waals surface area contributed by atoms with Crippen molar-refractivity contribution < 1.29 is 27.7 Å².